The van der Waals surface area contributed by atoms with Crippen LogP contribution >= 0.6 is 0 Å². The summed E-state index contributed by atoms with van der Waals surface area (Å²) in [5, 5.41) is 17.8. The lowest BCUT2D eigenvalue weighted by atomic mass is 9.99. The van der Waals surface area contributed by atoms with Crippen LogP contribution in [0.4, 0.5) is 0 Å². The Morgan fingerprint density at radius 2 is 0.896 bits per heavy atom. The Bertz CT molecular complexity index is 3000. The summed E-state index contributed by atoms with van der Waals surface area (Å²) >= 11 is 0. The van der Waals surface area contributed by atoms with E-state index < -0.39 is 29.3 Å². The summed E-state index contributed by atoms with van der Waals surface area (Å²) in [4.78, 5) is 82.0. The molecule has 2 aromatic heterocycles. The topological polar surface area (TPSA) is 207 Å². The molecule has 408 valence electrons. The van der Waals surface area contributed by atoms with Crippen molar-refractivity contribution in [2.75, 3.05) is 39.6 Å². The minimum Gasteiger partial charge on any atom is -0.481 e. The molecule has 15 heteroatoms. The molecule has 2 fully saturated rings. The number of carbonyl (C=O) groups excluding carboxylic acids is 3. The van der Waals surface area contributed by atoms with Gasteiger partial charge in [-0.2, -0.15) is 0 Å². The fraction of sp³-hybridized carbons (Fsp3) is 0.371. The number of hydrogen-bond acceptors (Lipinski definition) is 11. The highest BCUT2D eigenvalue weighted by atomic mass is 16.5. The number of aromatic nitrogens is 2. The van der Waals surface area contributed by atoms with E-state index >= 15 is 0 Å². The summed E-state index contributed by atoms with van der Waals surface area (Å²) in [6.45, 7) is 16.4. The highest BCUT2D eigenvalue weighted by molar-refractivity contribution is 5.96. The maximum absolute atomic E-state index is 12.9. The van der Waals surface area contributed by atoms with Crippen molar-refractivity contribution in [1.29, 1.82) is 0 Å². The molecule has 15 nitrogen and oxygen atoms in total. The van der Waals surface area contributed by atoms with Crippen LogP contribution in [-0.4, -0.2) is 88.6 Å². The van der Waals surface area contributed by atoms with Gasteiger partial charge in [-0.1, -0.05) is 119 Å². The van der Waals surface area contributed by atoms with Crippen molar-refractivity contribution < 1.29 is 53.1 Å². The van der Waals surface area contributed by atoms with Crippen LogP contribution in [0.25, 0.3) is 22.3 Å². The number of carboxylic acids is 2. The van der Waals surface area contributed by atoms with Crippen molar-refractivity contribution in [2.45, 2.75) is 99.6 Å². The Balaban J connectivity index is 0.000000198. The smallest absolute Gasteiger partial charge is 0.343 e. The number of pyridine rings is 2. The van der Waals surface area contributed by atoms with Crippen molar-refractivity contribution in [3.05, 3.63) is 187 Å². The van der Waals surface area contributed by atoms with Gasteiger partial charge < -0.3 is 38.3 Å². The van der Waals surface area contributed by atoms with Crippen molar-refractivity contribution in [1.82, 2.24) is 9.13 Å². The van der Waals surface area contributed by atoms with Crippen LogP contribution < -0.4 is 10.9 Å². The van der Waals surface area contributed by atoms with Crippen LogP contribution in [0.2, 0.25) is 0 Å². The van der Waals surface area contributed by atoms with Gasteiger partial charge in [0, 0.05) is 81.9 Å². The number of aliphatic carboxylic acids is 1. The summed E-state index contributed by atoms with van der Waals surface area (Å²) in [6.07, 6.45) is 10.9. The number of ether oxygens (including phenoxy) is 4. The Hall–Kier alpha value is -7.75. The van der Waals surface area contributed by atoms with E-state index in [2.05, 4.69) is 0 Å². The highest BCUT2D eigenvalue weighted by Gasteiger charge is 2.21. The molecule has 0 saturated carbocycles. The van der Waals surface area contributed by atoms with Crippen LogP contribution in [0.15, 0.2) is 131 Å². The first kappa shape index (κ1) is 60.1. The van der Waals surface area contributed by atoms with Crippen molar-refractivity contribution in [2.24, 2.45) is 11.8 Å². The van der Waals surface area contributed by atoms with E-state index in [-0.39, 0.29) is 41.8 Å². The Kier molecular flexibility index (Phi) is 24.0. The van der Waals surface area contributed by atoms with Gasteiger partial charge in [0.05, 0.1) is 19.6 Å². The predicted molar refractivity (Wildman–Crippen MR) is 295 cm³/mol. The molecule has 2 saturated heterocycles. The summed E-state index contributed by atoms with van der Waals surface area (Å²) in [5.74, 6) is -2.17. The van der Waals surface area contributed by atoms with Gasteiger partial charge in [0.1, 0.15) is 23.3 Å². The highest BCUT2D eigenvalue weighted by Crippen LogP contribution is 2.23. The molecule has 0 bridgehead atoms. The number of Topliss-reactive ketones (excluding diaryl/α,β-unsaturated/α-hetero) is 1. The number of ketones is 1. The minimum absolute atomic E-state index is 0.0944. The van der Waals surface area contributed by atoms with E-state index in [1.165, 1.54) is 6.20 Å². The number of carbonyl (C=O) groups is 5. The number of hydrogen-bond donors (Lipinski definition) is 2. The van der Waals surface area contributed by atoms with Crippen molar-refractivity contribution in [3.63, 3.8) is 0 Å². The molecule has 0 unspecified atom stereocenters. The third-order valence-electron chi connectivity index (χ3n) is 12.9. The molecule has 77 heavy (non-hydrogen) atoms. The molecule has 4 heterocycles. The zero-order valence-electron chi connectivity index (χ0n) is 45.1. The molecule has 4 aromatic carbocycles. The SMILES string of the molecule is CCOC(=O)CC(=O)Cc1ccc(C)cc1.CCOC(=O)c1cn(CC2CCOCC2)cc(-c2ccc(C)cc2)c1=O.Cc1ccc(-c2cn(CC3CCOCC3)cc(C(=O)O)c2=O)cc1.Cc1ccc(CC(=O)O)cc1. The summed E-state index contributed by atoms with van der Waals surface area (Å²) in [7, 11) is 0. The molecule has 2 aliphatic heterocycles. The molecule has 0 atom stereocenters. The molecule has 2 N–H and O–H groups in total. The second kappa shape index (κ2) is 30.7. The normalized spacial score (nSPS) is 13.3. The first-order valence-corrected chi connectivity index (χ1v) is 26.1. The van der Waals surface area contributed by atoms with Gasteiger partial charge in [-0.15, -0.1) is 0 Å². The van der Waals surface area contributed by atoms with Crippen molar-refractivity contribution >= 4 is 29.7 Å². The van der Waals surface area contributed by atoms with E-state index in [0.29, 0.717) is 42.5 Å². The first-order chi connectivity index (χ1) is 36.9. The fourth-order valence-corrected chi connectivity index (χ4v) is 8.56. The van der Waals surface area contributed by atoms with Crippen LogP contribution in [0, 0.1) is 39.5 Å². The van der Waals surface area contributed by atoms with Gasteiger partial charge in [-0.05, 0) is 101 Å². The van der Waals surface area contributed by atoms with Crippen molar-refractivity contribution in [3.8, 4) is 22.3 Å². The first-order valence-electron chi connectivity index (χ1n) is 26.1. The van der Waals surface area contributed by atoms with Crippen LogP contribution in [-0.2, 0) is 59.3 Å². The number of benzene rings is 4. The molecule has 0 spiro atoms. The lowest BCUT2D eigenvalue weighted by Gasteiger charge is -2.23. The maximum atomic E-state index is 12.9. The molecule has 8 rings (SSSR count). The van der Waals surface area contributed by atoms with Gasteiger partial charge in [-0.3, -0.25) is 24.0 Å². The zero-order chi connectivity index (χ0) is 55.9. The van der Waals surface area contributed by atoms with Gasteiger partial charge in [-0.25, -0.2) is 9.59 Å². The quantitative estimate of drug-likeness (QED) is 0.0684. The van der Waals surface area contributed by atoms with E-state index in [1.54, 1.807) is 26.2 Å². The number of nitrogens with zero attached hydrogens (tertiary/aromatic N) is 2. The zero-order valence-corrected chi connectivity index (χ0v) is 45.1. The van der Waals surface area contributed by atoms with Crippen LogP contribution in [0.1, 0.15) is 100 Å². The molecule has 0 radical (unpaired) electrons. The lowest BCUT2D eigenvalue weighted by Crippen LogP contribution is -2.25. The minimum atomic E-state index is -1.19. The third kappa shape index (κ3) is 20.0. The monoisotopic (exact) mass is 1050 g/mol. The Labute approximate surface area is 450 Å². The standard InChI is InChI=1S/C21H25NO4.C19H21NO4.C13H16O3.C9H10O2/c1-3-26-21(24)19-14-22(12-16-8-10-25-11-9-16)13-18(20(19)23)17-6-4-15(2)5-7-17;1-13-2-4-15(5-3-13)16-11-20(10-14-6-8-24-9-7-14)12-17(18(16)21)19(22)23;1-3-16-13(15)9-12(14)8-11-6-4-10(2)5-7-11;1-7-2-4-8(5-3-7)6-9(10)11/h4-7,13-14,16H,3,8-12H2,1-2H3;2-5,11-12,14H,6-10H2,1H3,(H,22,23);4-7H,3,8-9H2,1-2H3;2-5H,6H2,1H3,(H,10,11). The molecular weight excluding hydrogens is 981 g/mol. The number of rotatable bonds is 16. The summed E-state index contributed by atoms with van der Waals surface area (Å²) < 4.78 is 24.4. The molecule has 2 aliphatic rings. The van der Waals surface area contributed by atoms with Crippen LogP contribution in [0.5, 0.6) is 0 Å². The van der Waals surface area contributed by atoms with Gasteiger partial charge in [0.2, 0.25) is 10.9 Å². The van der Waals surface area contributed by atoms with E-state index in [9.17, 15) is 38.7 Å². The Morgan fingerprint density at radius 3 is 1.29 bits per heavy atom. The lowest BCUT2D eigenvalue weighted by molar-refractivity contribution is -0.145. The number of aryl methyl sites for hydroxylation is 4. The summed E-state index contributed by atoms with van der Waals surface area (Å²) in [5.41, 5.74) is 8.02. The van der Waals surface area contributed by atoms with Crippen LogP contribution in [0.3, 0.4) is 0 Å². The number of aromatic carboxylic acids is 1. The third-order valence-corrected chi connectivity index (χ3v) is 12.9. The average Bonchev–Trinajstić information content (AvgIpc) is 3.41. The molecule has 0 aliphatic carbocycles. The maximum Gasteiger partial charge on any atom is 0.343 e. The molecule has 0 amide bonds. The molecular formula is C62H72N2O13. The van der Waals surface area contributed by atoms with E-state index in [0.717, 1.165) is 103 Å². The predicted octanol–water partition coefficient (Wildman–Crippen LogP) is 10.1. The van der Waals surface area contributed by atoms with Gasteiger partial charge >= 0.3 is 23.9 Å². The largest absolute Gasteiger partial charge is 0.481 e. The number of carboxylic acid groups (broad SMARTS) is 2. The number of esters is 2. The van der Waals surface area contributed by atoms with E-state index in [1.807, 2.05) is 140 Å². The Morgan fingerprint density at radius 1 is 0.519 bits per heavy atom. The second-order valence-electron chi connectivity index (χ2n) is 19.3. The average molecular weight is 1050 g/mol. The van der Waals surface area contributed by atoms with Gasteiger partial charge in [0.25, 0.3) is 0 Å². The summed E-state index contributed by atoms with van der Waals surface area (Å²) in [6, 6.07) is 30.5. The second-order valence-corrected chi connectivity index (χ2v) is 19.3. The fourth-order valence-electron chi connectivity index (χ4n) is 8.56. The van der Waals surface area contributed by atoms with Gasteiger partial charge in [0.15, 0.2) is 0 Å². The van der Waals surface area contributed by atoms with E-state index in [4.69, 9.17) is 24.1 Å². The molecule has 6 aromatic rings.